The molecule has 0 radical (unpaired) electrons. The van der Waals surface area contributed by atoms with Gasteiger partial charge >= 0.3 is 0 Å². The third-order valence-corrected chi connectivity index (χ3v) is 4.01. The maximum Gasteiger partial charge on any atom is 0.225 e. The Bertz CT molecular complexity index is 764. The maximum absolute atomic E-state index is 6.31. The van der Waals surface area contributed by atoms with Crippen LogP contribution in [0.15, 0.2) is 67.0 Å². The molecule has 0 aliphatic rings. The highest BCUT2D eigenvalue weighted by atomic mass is 35.5. The lowest BCUT2D eigenvalue weighted by Crippen LogP contribution is -2.24. The molecule has 0 saturated carbocycles. The summed E-state index contributed by atoms with van der Waals surface area (Å²) in [5, 5.41) is 1.27. The van der Waals surface area contributed by atoms with Crippen LogP contribution in [0.3, 0.4) is 0 Å². The molecule has 0 bridgehead atoms. The largest absolute Gasteiger partial charge is 0.332 e. The molecule has 0 aliphatic heterocycles. The highest BCUT2D eigenvalue weighted by Crippen LogP contribution is 2.24. The van der Waals surface area contributed by atoms with Crippen molar-refractivity contribution in [3.8, 4) is 0 Å². The molecule has 0 spiro atoms. The van der Waals surface area contributed by atoms with E-state index in [1.54, 1.807) is 24.5 Å². The second kappa shape index (κ2) is 7.44. The molecule has 0 amide bonds. The van der Waals surface area contributed by atoms with Gasteiger partial charge in [-0.25, -0.2) is 9.97 Å². The summed E-state index contributed by atoms with van der Waals surface area (Å²) in [6.07, 6.45) is 3.48. The van der Waals surface area contributed by atoms with Crippen LogP contribution in [-0.4, -0.2) is 9.97 Å². The van der Waals surface area contributed by atoms with Crippen molar-refractivity contribution in [1.82, 2.24) is 9.97 Å². The number of rotatable bonds is 5. The number of hydrogen-bond acceptors (Lipinski definition) is 3. The van der Waals surface area contributed by atoms with E-state index in [4.69, 9.17) is 23.2 Å². The molecule has 0 unspecified atom stereocenters. The van der Waals surface area contributed by atoms with Gasteiger partial charge in [0.25, 0.3) is 0 Å². The fourth-order valence-corrected chi connectivity index (χ4v) is 2.78. The molecule has 3 rings (SSSR count). The minimum absolute atomic E-state index is 0.606. The Morgan fingerprint density at radius 1 is 0.826 bits per heavy atom. The van der Waals surface area contributed by atoms with Crippen molar-refractivity contribution in [3.05, 3.63) is 88.2 Å². The van der Waals surface area contributed by atoms with Crippen molar-refractivity contribution in [2.75, 3.05) is 4.90 Å². The Labute approximate surface area is 145 Å². The first-order valence-corrected chi connectivity index (χ1v) is 7.98. The first-order chi connectivity index (χ1) is 11.2. The maximum atomic E-state index is 6.31. The Hall–Kier alpha value is -2.10. The third-order valence-electron chi connectivity index (χ3n) is 3.43. The van der Waals surface area contributed by atoms with E-state index in [1.807, 2.05) is 30.3 Å². The van der Waals surface area contributed by atoms with Crippen molar-refractivity contribution < 1.29 is 0 Å². The smallest absolute Gasteiger partial charge is 0.225 e. The standard InChI is InChI=1S/C18H15Cl2N3/c19-16-8-7-15(17(20)11-16)13-23(18-21-9-4-10-22-18)12-14-5-2-1-3-6-14/h1-11H,12-13H2. The lowest BCUT2D eigenvalue weighted by Gasteiger charge is -2.23. The topological polar surface area (TPSA) is 29.0 Å². The van der Waals surface area contributed by atoms with Crippen molar-refractivity contribution in [3.63, 3.8) is 0 Å². The molecule has 0 atom stereocenters. The minimum atomic E-state index is 0.606. The van der Waals surface area contributed by atoms with Crippen LogP contribution < -0.4 is 4.90 Å². The molecular weight excluding hydrogens is 329 g/mol. The summed E-state index contributed by atoms with van der Waals surface area (Å²) in [6.45, 7) is 1.30. The second-order valence-electron chi connectivity index (χ2n) is 5.13. The number of anilines is 1. The number of benzene rings is 2. The predicted octanol–water partition coefficient (Wildman–Crippen LogP) is 4.99. The average molecular weight is 344 g/mol. The second-order valence-corrected chi connectivity index (χ2v) is 5.97. The Morgan fingerprint density at radius 3 is 2.26 bits per heavy atom. The quantitative estimate of drug-likeness (QED) is 0.653. The van der Waals surface area contributed by atoms with Gasteiger partial charge in [0.15, 0.2) is 0 Å². The normalized spacial score (nSPS) is 10.5. The van der Waals surface area contributed by atoms with E-state index in [-0.39, 0.29) is 0 Å². The van der Waals surface area contributed by atoms with Crippen LogP contribution >= 0.6 is 23.2 Å². The van der Waals surface area contributed by atoms with Crippen LogP contribution in [0.4, 0.5) is 5.95 Å². The lowest BCUT2D eigenvalue weighted by molar-refractivity contribution is 0.763. The Morgan fingerprint density at radius 2 is 1.57 bits per heavy atom. The highest BCUT2D eigenvalue weighted by Gasteiger charge is 2.13. The van der Waals surface area contributed by atoms with Gasteiger partial charge in [-0.15, -0.1) is 0 Å². The first kappa shape index (κ1) is 15.8. The summed E-state index contributed by atoms with van der Waals surface area (Å²) in [5.41, 5.74) is 2.17. The summed E-state index contributed by atoms with van der Waals surface area (Å²) < 4.78 is 0. The zero-order chi connectivity index (χ0) is 16.1. The van der Waals surface area contributed by atoms with E-state index in [0.29, 0.717) is 29.1 Å². The van der Waals surface area contributed by atoms with Crippen LogP contribution in [0.5, 0.6) is 0 Å². The van der Waals surface area contributed by atoms with Crippen LogP contribution in [-0.2, 0) is 13.1 Å². The monoisotopic (exact) mass is 343 g/mol. The molecule has 1 heterocycles. The molecule has 0 aliphatic carbocycles. The summed E-state index contributed by atoms with van der Waals surface area (Å²) in [4.78, 5) is 10.8. The summed E-state index contributed by atoms with van der Waals surface area (Å²) in [5.74, 6) is 0.669. The number of hydrogen-bond donors (Lipinski definition) is 0. The van der Waals surface area contributed by atoms with Crippen molar-refractivity contribution >= 4 is 29.2 Å². The minimum Gasteiger partial charge on any atom is -0.332 e. The van der Waals surface area contributed by atoms with Crippen LogP contribution in [0.2, 0.25) is 10.0 Å². The summed E-state index contributed by atoms with van der Waals surface area (Å²) in [6, 6.07) is 17.6. The lowest BCUT2D eigenvalue weighted by atomic mass is 10.1. The van der Waals surface area contributed by atoms with E-state index in [2.05, 4.69) is 27.0 Å². The molecule has 23 heavy (non-hydrogen) atoms. The van der Waals surface area contributed by atoms with Gasteiger partial charge in [0.2, 0.25) is 5.95 Å². The van der Waals surface area contributed by atoms with Gasteiger partial charge in [0, 0.05) is 35.5 Å². The van der Waals surface area contributed by atoms with Crippen molar-refractivity contribution in [2.24, 2.45) is 0 Å². The van der Waals surface area contributed by atoms with Gasteiger partial charge in [0.05, 0.1) is 0 Å². The van der Waals surface area contributed by atoms with Crippen LogP contribution in [0.1, 0.15) is 11.1 Å². The van der Waals surface area contributed by atoms with Crippen LogP contribution in [0, 0.1) is 0 Å². The predicted molar refractivity (Wildman–Crippen MR) is 94.8 cm³/mol. The molecule has 3 nitrogen and oxygen atoms in total. The fourth-order valence-electron chi connectivity index (χ4n) is 2.31. The van der Waals surface area contributed by atoms with E-state index in [1.165, 1.54) is 5.56 Å². The van der Waals surface area contributed by atoms with Crippen LogP contribution in [0.25, 0.3) is 0 Å². The van der Waals surface area contributed by atoms with Gasteiger partial charge in [-0.05, 0) is 29.3 Å². The molecule has 1 aromatic heterocycles. The van der Waals surface area contributed by atoms with Gasteiger partial charge < -0.3 is 4.90 Å². The molecule has 0 fully saturated rings. The van der Waals surface area contributed by atoms with E-state index < -0.39 is 0 Å². The van der Waals surface area contributed by atoms with Gasteiger partial charge in [-0.2, -0.15) is 0 Å². The van der Waals surface area contributed by atoms with E-state index in [9.17, 15) is 0 Å². The number of nitrogens with zero attached hydrogens (tertiary/aromatic N) is 3. The number of aromatic nitrogens is 2. The molecule has 5 heteroatoms. The zero-order valence-corrected chi connectivity index (χ0v) is 13.9. The van der Waals surface area contributed by atoms with Crippen molar-refractivity contribution in [2.45, 2.75) is 13.1 Å². The van der Waals surface area contributed by atoms with E-state index in [0.717, 1.165) is 5.56 Å². The SMILES string of the molecule is Clc1ccc(CN(Cc2ccccc2)c2ncccn2)c(Cl)c1. The highest BCUT2D eigenvalue weighted by molar-refractivity contribution is 6.35. The molecule has 2 aromatic carbocycles. The Kier molecular flexibility index (Phi) is 5.11. The summed E-state index contributed by atoms with van der Waals surface area (Å²) in [7, 11) is 0. The molecule has 0 saturated heterocycles. The zero-order valence-electron chi connectivity index (χ0n) is 12.4. The van der Waals surface area contributed by atoms with Crippen molar-refractivity contribution in [1.29, 1.82) is 0 Å². The molecule has 0 N–H and O–H groups in total. The van der Waals surface area contributed by atoms with Gasteiger partial charge in [0.1, 0.15) is 0 Å². The average Bonchev–Trinajstić information content (AvgIpc) is 2.58. The fraction of sp³-hybridized carbons (Fsp3) is 0.111. The summed E-state index contributed by atoms with van der Waals surface area (Å²) >= 11 is 12.3. The molecular formula is C18H15Cl2N3. The third kappa shape index (κ3) is 4.21. The Balaban J connectivity index is 1.89. The molecule has 116 valence electrons. The number of halogens is 2. The van der Waals surface area contributed by atoms with Gasteiger partial charge in [-0.1, -0.05) is 59.6 Å². The molecule has 3 aromatic rings. The van der Waals surface area contributed by atoms with Gasteiger partial charge in [-0.3, -0.25) is 0 Å². The first-order valence-electron chi connectivity index (χ1n) is 7.22. The van der Waals surface area contributed by atoms with E-state index >= 15 is 0 Å².